The summed E-state index contributed by atoms with van der Waals surface area (Å²) in [5.74, 6) is 1.79. The summed E-state index contributed by atoms with van der Waals surface area (Å²) in [5.41, 5.74) is 3.01. The van der Waals surface area contributed by atoms with Crippen LogP contribution in [0, 0.1) is 5.92 Å². The van der Waals surface area contributed by atoms with Gasteiger partial charge in [-0.2, -0.15) is 5.10 Å². The molecule has 1 aromatic carbocycles. The summed E-state index contributed by atoms with van der Waals surface area (Å²) in [6.45, 7) is 7.24. The smallest absolute Gasteiger partial charge is 0.427 e. The van der Waals surface area contributed by atoms with Gasteiger partial charge in [0.15, 0.2) is 11.5 Å². The molecule has 1 amide bonds. The standard InChI is InChI=1S/C15H22N2O4/c1-5-20-14-8-12(9-16-17-15(18)19-4)6-7-13(14)21-10-11(2)3/h6-9,11H,5,10H2,1-4H3,(H,17,18)/b16-9-. The number of nitrogens with zero attached hydrogens (tertiary/aromatic N) is 1. The minimum absolute atomic E-state index is 0.435. The minimum Gasteiger partial charge on any atom is -0.490 e. The van der Waals surface area contributed by atoms with Crippen LogP contribution >= 0.6 is 0 Å². The van der Waals surface area contributed by atoms with E-state index in [-0.39, 0.29) is 0 Å². The van der Waals surface area contributed by atoms with Gasteiger partial charge in [0.1, 0.15) is 0 Å². The molecule has 0 saturated heterocycles. The van der Waals surface area contributed by atoms with E-state index in [1.807, 2.05) is 25.1 Å². The summed E-state index contributed by atoms with van der Waals surface area (Å²) >= 11 is 0. The van der Waals surface area contributed by atoms with E-state index in [4.69, 9.17) is 9.47 Å². The highest BCUT2D eigenvalue weighted by Crippen LogP contribution is 2.28. The number of hydrogen-bond donors (Lipinski definition) is 1. The van der Waals surface area contributed by atoms with Crippen LogP contribution in [0.25, 0.3) is 0 Å². The van der Waals surface area contributed by atoms with E-state index in [1.54, 1.807) is 0 Å². The Morgan fingerprint density at radius 2 is 2.10 bits per heavy atom. The Hall–Kier alpha value is -2.24. The molecule has 0 aliphatic carbocycles. The predicted molar refractivity (Wildman–Crippen MR) is 81.1 cm³/mol. The lowest BCUT2D eigenvalue weighted by molar-refractivity contribution is 0.171. The molecule has 1 aromatic rings. The Bertz CT molecular complexity index is 487. The summed E-state index contributed by atoms with van der Waals surface area (Å²) in [5, 5.41) is 3.77. The molecule has 1 N–H and O–H groups in total. The fourth-order valence-corrected chi connectivity index (χ4v) is 1.45. The summed E-state index contributed by atoms with van der Waals surface area (Å²) in [6.07, 6.45) is 0.888. The second-order valence-electron chi connectivity index (χ2n) is 4.71. The summed E-state index contributed by atoms with van der Waals surface area (Å²) < 4.78 is 15.7. The van der Waals surface area contributed by atoms with Crippen molar-refractivity contribution in [1.29, 1.82) is 0 Å². The Labute approximate surface area is 125 Å². The number of methoxy groups -OCH3 is 1. The van der Waals surface area contributed by atoms with Crippen molar-refractivity contribution in [2.45, 2.75) is 20.8 Å². The van der Waals surface area contributed by atoms with Crippen molar-refractivity contribution in [1.82, 2.24) is 5.43 Å². The molecule has 0 aromatic heterocycles. The summed E-state index contributed by atoms with van der Waals surface area (Å²) in [6, 6.07) is 5.47. The first-order chi connectivity index (χ1) is 10.1. The molecule has 0 aliphatic heterocycles. The number of nitrogens with one attached hydrogen (secondary N) is 1. The van der Waals surface area contributed by atoms with E-state index in [0.29, 0.717) is 30.6 Å². The van der Waals surface area contributed by atoms with E-state index in [2.05, 4.69) is 29.1 Å². The summed E-state index contributed by atoms with van der Waals surface area (Å²) in [7, 11) is 1.28. The van der Waals surface area contributed by atoms with Gasteiger partial charge < -0.3 is 14.2 Å². The van der Waals surface area contributed by atoms with Gasteiger partial charge in [0.25, 0.3) is 0 Å². The van der Waals surface area contributed by atoms with Crippen LogP contribution in [0.4, 0.5) is 4.79 Å². The molecule has 0 fully saturated rings. The minimum atomic E-state index is -0.617. The molecule has 0 heterocycles. The Kier molecular flexibility index (Phi) is 7.08. The lowest BCUT2D eigenvalue weighted by atomic mass is 10.2. The first kappa shape index (κ1) is 16.8. The third-order valence-electron chi connectivity index (χ3n) is 2.39. The molecule has 116 valence electrons. The zero-order valence-electron chi connectivity index (χ0n) is 12.9. The van der Waals surface area contributed by atoms with Crippen LogP contribution in [0.5, 0.6) is 11.5 Å². The molecule has 0 aliphatic rings. The molecular formula is C15H22N2O4. The Morgan fingerprint density at radius 3 is 2.71 bits per heavy atom. The molecule has 0 atom stereocenters. The van der Waals surface area contributed by atoms with Crippen molar-refractivity contribution in [2.75, 3.05) is 20.3 Å². The number of carbonyl (C=O) groups is 1. The predicted octanol–water partition coefficient (Wildman–Crippen LogP) is 2.81. The molecular weight excluding hydrogens is 272 g/mol. The van der Waals surface area contributed by atoms with Crippen LogP contribution in [0.1, 0.15) is 26.3 Å². The molecule has 1 rings (SSSR count). The van der Waals surface area contributed by atoms with Crippen molar-refractivity contribution < 1.29 is 19.0 Å². The van der Waals surface area contributed by atoms with Gasteiger partial charge in [-0.1, -0.05) is 13.8 Å². The van der Waals surface area contributed by atoms with Gasteiger partial charge in [-0.05, 0) is 36.6 Å². The number of rotatable bonds is 7. The monoisotopic (exact) mass is 294 g/mol. The molecule has 0 radical (unpaired) electrons. The largest absolute Gasteiger partial charge is 0.490 e. The highest BCUT2D eigenvalue weighted by molar-refractivity contribution is 5.82. The third kappa shape index (κ3) is 6.16. The zero-order chi connectivity index (χ0) is 15.7. The summed E-state index contributed by atoms with van der Waals surface area (Å²) in [4.78, 5) is 10.9. The van der Waals surface area contributed by atoms with Crippen molar-refractivity contribution in [3.05, 3.63) is 23.8 Å². The molecule has 0 saturated carbocycles. The molecule has 0 unspecified atom stereocenters. The molecule has 0 spiro atoms. The number of benzene rings is 1. The van der Waals surface area contributed by atoms with Gasteiger partial charge >= 0.3 is 6.09 Å². The maximum Gasteiger partial charge on any atom is 0.427 e. The normalized spacial score (nSPS) is 10.7. The fourth-order valence-electron chi connectivity index (χ4n) is 1.45. The second kappa shape index (κ2) is 8.84. The lowest BCUT2D eigenvalue weighted by Crippen LogP contribution is -2.16. The van der Waals surface area contributed by atoms with Crippen molar-refractivity contribution in [3.8, 4) is 11.5 Å². The number of hydrazone groups is 1. The first-order valence-corrected chi connectivity index (χ1v) is 6.83. The van der Waals surface area contributed by atoms with Gasteiger partial charge in [0.2, 0.25) is 0 Å². The molecule has 0 bridgehead atoms. The number of ether oxygens (including phenoxy) is 3. The number of hydrogen-bond acceptors (Lipinski definition) is 5. The molecule has 6 nitrogen and oxygen atoms in total. The number of amides is 1. The topological polar surface area (TPSA) is 69.2 Å². The van der Waals surface area contributed by atoms with Gasteiger partial charge in [-0.3, -0.25) is 0 Å². The van der Waals surface area contributed by atoms with Crippen LogP contribution < -0.4 is 14.9 Å². The zero-order valence-corrected chi connectivity index (χ0v) is 12.9. The SMILES string of the molecule is CCOc1cc(/C=N\NC(=O)OC)ccc1OCC(C)C. The van der Waals surface area contributed by atoms with Gasteiger partial charge in [-0.15, -0.1) is 0 Å². The van der Waals surface area contributed by atoms with Gasteiger partial charge in [0.05, 0.1) is 26.5 Å². The van der Waals surface area contributed by atoms with E-state index in [9.17, 15) is 4.79 Å². The Balaban J connectivity index is 2.79. The average Bonchev–Trinajstić information content (AvgIpc) is 2.46. The van der Waals surface area contributed by atoms with Crippen molar-refractivity contribution in [3.63, 3.8) is 0 Å². The Morgan fingerprint density at radius 1 is 1.33 bits per heavy atom. The van der Waals surface area contributed by atoms with E-state index in [1.165, 1.54) is 13.3 Å². The average molecular weight is 294 g/mol. The van der Waals surface area contributed by atoms with E-state index in [0.717, 1.165) is 5.56 Å². The second-order valence-corrected chi connectivity index (χ2v) is 4.71. The third-order valence-corrected chi connectivity index (χ3v) is 2.39. The van der Waals surface area contributed by atoms with Crippen LogP contribution in [-0.4, -0.2) is 32.6 Å². The highest BCUT2D eigenvalue weighted by Gasteiger charge is 2.07. The first-order valence-electron chi connectivity index (χ1n) is 6.83. The van der Waals surface area contributed by atoms with Crippen molar-refractivity contribution >= 4 is 12.3 Å². The van der Waals surface area contributed by atoms with Crippen LogP contribution in [-0.2, 0) is 4.74 Å². The lowest BCUT2D eigenvalue weighted by Gasteiger charge is -2.13. The van der Waals surface area contributed by atoms with Crippen LogP contribution in [0.15, 0.2) is 23.3 Å². The van der Waals surface area contributed by atoms with Gasteiger partial charge in [-0.25, -0.2) is 10.2 Å². The molecule has 21 heavy (non-hydrogen) atoms. The van der Waals surface area contributed by atoms with E-state index >= 15 is 0 Å². The molecule has 6 heteroatoms. The van der Waals surface area contributed by atoms with Crippen LogP contribution in [0.2, 0.25) is 0 Å². The van der Waals surface area contributed by atoms with Gasteiger partial charge in [0, 0.05) is 0 Å². The number of carbonyl (C=O) groups excluding carboxylic acids is 1. The highest BCUT2D eigenvalue weighted by atomic mass is 16.5. The maximum atomic E-state index is 10.9. The quantitative estimate of drug-likeness (QED) is 0.620. The van der Waals surface area contributed by atoms with E-state index < -0.39 is 6.09 Å². The fraction of sp³-hybridized carbons (Fsp3) is 0.467. The van der Waals surface area contributed by atoms with Crippen LogP contribution in [0.3, 0.4) is 0 Å². The maximum absolute atomic E-state index is 10.9. The van der Waals surface area contributed by atoms with Crippen molar-refractivity contribution in [2.24, 2.45) is 11.0 Å².